The third-order valence-electron chi connectivity index (χ3n) is 7.16. The Labute approximate surface area is 213 Å². The minimum Gasteiger partial charge on any atom is -0.497 e. The van der Waals surface area contributed by atoms with Gasteiger partial charge >= 0.3 is 5.97 Å². The van der Waals surface area contributed by atoms with Crippen LogP contribution in [0.25, 0.3) is 16.5 Å². The number of methoxy groups -OCH3 is 1. The van der Waals surface area contributed by atoms with Gasteiger partial charge in [0.25, 0.3) is 5.56 Å². The number of ether oxygens (including phenoxy) is 1. The molecule has 0 amide bonds. The van der Waals surface area contributed by atoms with E-state index in [9.17, 15) is 24.2 Å². The number of carbonyl (C=O) groups is 1. The highest BCUT2D eigenvalue weighted by atomic mass is 19.1. The number of likely N-dealkylation sites (tertiary alicyclic amines) is 1. The van der Waals surface area contributed by atoms with E-state index in [1.807, 2.05) is 29.2 Å². The number of aromatic nitrogens is 1. The molecule has 0 unspecified atom stereocenters. The monoisotopic (exact) mass is 502 g/mol. The van der Waals surface area contributed by atoms with Gasteiger partial charge in [0.1, 0.15) is 11.6 Å². The number of nitrogens with zero attached hydrogens (tertiary/aromatic N) is 2. The second-order valence-corrected chi connectivity index (χ2v) is 9.30. The number of rotatable bonds is 6. The van der Waals surface area contributed by atoms with Crippen LogP contribution in [0.1, 0.15) is 34.5 Å². The van der Waals surface area contributed by atoms with Gasteiger partial charge in [-0.25, -0.2) is 9.18 Å². The van der Waals surface area contributed by atoms with Crippen LogP contribution in [0.4, 0.5) is 4.39 Å². The van der Waals surface area contributed by atoms with Crippen LogP contribution in [0, 0.1) is 5.82 Å². The molecule has 2 N–H and O–H groups in total. The maximum absolute atomic E-state index is 14.9. The van der Waals surface area contributed by atoms with E-state index in [1.54, 1.807) is 37.4 Å². The summed E-state index contributed by atoms with van der Waals surface area (Å²) in [6, 6.07) is 19.7. The number of hydrogen-bond donors (Lipinski definition) is 2. The van der Waals surface area contributed by atoms with Gasteiger partial charge in [-0.3, -0.25) is 14.3 Å². The zero-order valence-electron chi connectivity index (χ0n) is 20.4. The van der Waals surface area contributed by atoms with Crippen molar-refractivity contribution in [2.24, 2.45) is 0 Å². The maximum atomic E-state index is 14.9. The Morgan fingerprint density at radius 3 is 2.35 bits per heavy atom. The Bertz CT molecular complexity index is 1540. The standard InChI is InChI=1S/C29H27FN2O5/c1-37-20-8-6-7-19(17-20)29(36)13-15-31(16-14-29)18-25-26(28(34)35)21-9-2-3-10-22(21)27(33)32(25)24-12-5-4-11-23(24)30/h2-12,17,36H,13-16,18H2,1H3,(H,34,35). The molecule has 0 spiro atoms. The molecule has 3 aromatic carbocycles. The van der Waals surface area contributed by atoms with E-state index in [0.717, 1.165) is 5.56 Å². The average Bonchev–Trinajstić information content (AvgIpc) is 2.91. The number of aliphatic hydroxyl groups is 1. The van der Waals surface area contributed by atoms with Gasteiger partial charge in [0, 0.05) is 30.4 Å². The molecule has 0 radical (unpaired) electrons. The molecule has 8 heteroatoms. The second kappa shape index (κ2) is 9.80. The number of fused-ring (bicyclic) bond motifs is 1. The van der Waals surface area contributed by atoms with E-state index in [2.05, 4.69) is 0 Å². The van der Waals surface area contributed by atoms with Crippen molar-refractivity contribution >= 4 is 16.7 Å². The number of piperidine rings is 1. The smallest absolute Gasteiger partial charge is 0.338 e. The number of carboxylic acids is 1. The van der Waals surface area contributed by atoms with E-state index in [4.69, 9.17) is 4.74 Å². The summed E-state index contributed by atoms with van der Waals surface area (Å²) >= 11 is 0. The first-order valence-electron chi connectivity index (χ1n) is 12.1. The van der Waals surface area contributed by atoms with Gasteiger partial charge in [0.15, 0.2) is 0 Å². The van der Waals surface area contributed by atoms with Crippen LogP contribution < -0.4 is 10.3 Å². The number of aromatic carboxylic acids is 1. The zero-order valence-corrected chi connectivity index (χ0v) is 20.4. The summed E-state index contributed by atoms with van der Waals surface area (Å²) in [7, 11) is 1.57. The van der Waals surface area contributed by atoms with Gasteiger partial charge in [-0.05, 0) is 48.7 Å². The number of benzene rings is 3. The van der Waals surface area contributed by atoms with Crippen molar-refractivity contribution < 1.29 is 24.1 Å². The fraction of sp³-hybridized carbons (Fsp3) is 0.241. The quantitative estimate of drug-likeness (QED) is 0.408. The lowest BCUT2D eigenvalue weighted by Gasteiger charge is -2.39. The predicted molar refractivity (Wildman–Crippen MR) is 138 cm³/mol. The largest absolute Gasteiger partial charge is 0.497 e. The number of halogens is 1. The van der Waals surface area contributed by atoms with E-state index >= 15 is 0 Å². The highest BCUT2D eigenvalue weighted by Gasteiger charge is 2.35. The lowest BCUT2D eigenvalue weighted by Crippen LogP contribution is -2.43. The van der Waals surface area contributed by atoms with Crippen LogP contribution in [-0.2, 0) is 12.1 Å². The molecule has 190 valence electrons. The summed E-state index contributed by atoms with van der Waals surface area (Å²) in [5.74, 6) is -1.16. The van der Waals surface area contributed by atoms with E-state index < -0.39 is 22.9 Å². The van der Waals surface area contributed by atoms with Gasteiger partial charge in [-0.2, -0.15) is 0 Å². The van der Waals surface area contributed by atoms with Crippen LogP contribution >= 0.6 is 0 Å². The third kappa shape index (κ3) is 4.50. The Morgan fingerprint density at radius 1 is 1.00 bits per heavy atom. The maximum Gasteiger partial charge on any atom is 0.338 e. The van der Waals surface area contributed by atoms with Crippen molar-refractivity contribution in [2.45, 2.75) is 25.0 Å². The molecule has 1 fully saturated rings. The fourth-order valence-corrected chi connectivity index (χ4v) is 5.17. The predicted octanol–water partition coefficient (Wildman–Crippen LogP) is 4.32. The van der Waals surface area contributed by atoms with Crippen LogP contribution in [0.15, 0.2) is 77.6 Å². The molecule has 1 aliphatic heterocycles. The van der Waals surface area contributed by atoms with Gasteiger partial charge in [0.2, 0.25) is 0 Å². The first kappa shape index (κ1) is 24.7. The first-order chi connectivity index (χ1) is 17.8. The van der Waals surface area contributed by atoms with Crippen molar-refractivity contribution in [1.29, 1.82) is 0 Å². The van der Waals surface area contributed by atoms with Gasteiger partial charge < -0.3 is 14.9 Å². The van der Waals surface area contributed by atoms with Crippen molar-refractivity contribution in [2.75, 3.05) is 20.2 Å². The lowest BCUT2D eigenvalue weighted by atomic mass is 9.84. The molecule has 0 bridgehead atoms. The molecule has 1 aromatic heterocycles. The summed E-state index contributed by atoms with van der Waals surface area (Å²) in [5, 5.41) is 22.1. The summed E-state index contributed by atoms with van der Waals surface area (Å²) in [4.78, 5) is 28.1. The summed E-state index contributed by atoms with van der Waals surface area (Å²) in [6.45, 7) is 1.00. The minimum atomic E-state index is -1.19. The Balaban J connectivity index is 1.56. The van der Waals surface area contributed by atoms with Gasteiger partial charge in [-0.15, -0.1) is 0 Å². The molecule has 0 atom stereocenters. The third-order valence-corrected chi connectivity index (χ3v) is 7.16. The van der Waals surface area contributed by atoms with E-state index in [0.29, 0.717) is 37.1 Å². The number of pyridine rings is 1. The average molecular weight is 503 g/mol. The summed E-state index contributed by atoms with van der Waals surface area (Å²) in [5.41, 5.74) is -0.618. The molecule has 1 aliphatic rings. The van der Waals surface area contributed by atoms with Crippen LogP contribution in [0.5, 0.6) is 5.75 Å². The molecule has 0 aliphatic carbocycles. The molecule has 2 heterocycles. The summed E-state index contributed by atoms with van der Waals surface area (Å²) in [6.07, 6.45) is 0.806. The molecule has 37 heavy (non-hydrogen) atoms. The summed E-state index contributed by atoms with van der Waals surface area (Å²) < 4.78 is 21.4. The van der Waals surface area contributed by atoms with Crippen molar-refractivity contribution in [3.05, 3.63) is 106 Å². The molecule has 5 rings (SSSR count). The minimum absolute atomic E-state index is 0.000600. The number of hydrogen-bond acceptors (Lipinski definition) is 5. The van der Waals surface area contributed by atoms with E-state index in [1.165, 1.54) is 22.8 Å². The molecule has 4 aromatic rings. The Kier molecular flexibility index (Phi) is 6.54. The lowest BCUT2D eigenvalue weighted by molar-refractivity contribution is -0.0283. The van der Waals surface area contributed by atoms with E-state index in [-0.39, 0.29) is 28.9 Å². The zero-order chi connectivity index (χ0) is 26.2. The van der Waals surface area contributed by atoms with Crippen molar-refractivity contribution in [3.8, 4) is 11.4 Å². The second-order valence-electron chi connectivity index (χ2n) is 9.30. The van der Waals surface area contributed by atoms with Crippen LogP contribution in [-0.4, -0.2) is 45.8 Å². The number of carboxylic acid groups (broad SMARTS) is 1. The SMILES string of the molecule is COc1cccc(C2(O)CCN(Cc3c(C(=O)O)c4ccccc4c(=O)n3-c3ccccc3F)CC2)c1. The normalized spacial score (nSPS) is 15.5. The van der Waals surface area contributed by atoms with Crippen LogP contribution in [0.3, 0.4) is 0 Å². The van der Waals surface area contributed by atoms with Crippen LogP contribution in [0.2, 0.25) is 0 Å². The Morgan fingerprint density at radius 2 is 1.68 bits per heavy atom. The molecule has 0 saturated carbocycles. The van der Waals surface area contributed by atoms with Crippen molar-refractivity contribution in [3.63, 3.8) is 0 Å². The molecular formula is C29H27FN2O5. The molecule has 1 saturated heterocycles. The van der Waals surface area contributed by atoms with Gasteiger partial charge in [0.05, 0.1) is 29.7 Å². The van der Waals surface area contributed by atoms with Gasteiger partial charge in [-0.1, -0.05) is 42.5 Å². The highest BCUT2D eigenvalue weighted by molar-refractivity contribution is 6.04. The van der Waals surface area contributed by atoms with Crippen molar-refractivity contribution in [1.82, 2.24) is 9.47 Å². The number of para-hydroxylation sites is 1. The molecule has 7 nitrogen and oxygen atoms in total. The highest BCUT2D eigenvalue weighted by Crippen LogP contribution is 2.35. The fourth-order valence-electron chi connectivity index (χ4n) is 5.17. The Hall–Kier alpha value is -4.01. The molecular weight excluding hydrogens is 475 g/mol. The first-order valence-corrected chi connectivity index (χ1v) is 12.1. The topological polar surface area (TPSA) is 92.0 Å².